The Hall–Kier alpha value is -3.65. The molecule has 3 aromatic heterocycles. The van der Waals surface area contributed by atoms with Crippen LogP contribution in [0.5, 0.6) is 0 Å². The van der Waals surface area contributed by atoms with Gasteiger partial charge in [-0.1, -0.05) is 6.92 Å². The molecule has 3 aromatic rings. The number of fused-ring (bicyclic) bond motifs is 1. The fourth-order valence-electron chi connectivity index (χ4n) is 5.39. The second-order valence-corrected chi connectivity index (χ2v) is 11.2. The van der Waals surface area contributed by atoms with Crippen LogP contribution in [0.15, 0.2) is 24.7 Å². The zero-order valence-corrected chi connectivity index (χ0v) is 23.1. The molecule has 5 rings (SSSR count). The summed E-state index contributed by atoms with van der Waals surface area (Å²) in [5.41, 5.74) is 1.49. The van der Waals surface area contributed by atoms with Gasteiger partial charge in [-0.05, 0) is 55.6 Å². The van der Waals surface area contributed by atoms with Gasteiger partial charge in [-0.15, -0.1) is 5.10 Å². The van der Waals surface area contributed by atoms with Crippen LogP contribution in [0.25, 0.3) is 5.65 Å². The minimum Gasteiger partial charge on any atom is -0.349 e. The van der Waals surface area contributed by atoms with E-state index in [1.54, 1.807) is 12.4 Å². The number of alkyl halides is 5. The SMILES string of the molecule is CCCC(=O)N[C@H](c1cnn2cc([C@@H](NC(=O)c3cnn(CCC(F)(F)F)n3)C3CCC(F)(F)CC3)nc2c1)C1CC1. The summed E-state index contributed by atoms with van der Waals surface area (Å²) in [6, 6.07) is 0.853. The van der Waals surface area contributed by atoms with Crippen molar-refractivity contribution in [2.75, 3.05) is 0 Å². The fourth-order valence-corrected chi connectivity index (χ4v) is 5.39. The molecular weight excluding hydrogens is 563 g/mol. The third-order valence-corrected chi connectivity index (χ3v) is 7.81. The molecule has 3 heterocycles. The number of nitrogens with zero attached hydrogens (tertiary/aromatic N) is 6. The van der Waals surface area contributed by atoms with Crippen molar-refractivity contribution in [1.82, 2.24) is 40.2 Å². The van der Waals surface area contributed by atoms with Gasteiger partial charge in [-0.3, -0.25) is 9.59 Å². The first-order chi connectivity index (χ1) is 19.9. The number of nitrogens with one attached hydrogen (secondary N) is 2. The lowest BCUT2D eigenvalue weighted by atomic mass is 9.81. The van der Waals surface area contributed by atoms with Crippen molar-refractivity contribution in [1.29, 1.82) is 0 Å². The van der Waals surface area contributed by atoms with E-state index >= 15 is 0 Å². The Labute approximate surface area is 238 Å². The topological polar surface area (TPSA) is 119 Å². The smallest absolute Gasteiger partial charge is 0.349 e. The molecule has 0 aliphatic heterocycles. The Bertz CT molecular complexity index is 1410. The van der Waals surface area contributed by atoms with Gasteiger partial charge < -0.3 is 10.6 Å². The monoisotopic (exact) mass is 596 g/mol. The maximum atomic E-state index is 14.0. The average molecular weight is 597 g/mol. The first-order valence-electron chi connectivity index (χ1n) is 14.2. The largest absolute Gasteiger partial charge is 0.390 e. The molecule has 2 atom stereocenters. The summed E-state index contributed by atoms with van der Waals surface area (Å²) in [5, 5.41) is 18.0. The highest BCUT2D eigenvalue weighted by Gasteiger charge is 2.40. The molecule has 0 unspecified atom stereocenters. The summed E-state index contributed by atoms with van der Waals surface area (Å²) in [6.45, 7) is 1.39. The standard InChI is InChI=1S/C27H33F5N8O2/c1-2-3-22(41)36-23(16-4-5-16)18-12-21-35-20(15-39(21)33-13-18)24(17-6-8-26(28,29)9-7-17)37-25(42)19-14-34-40(38-19)11-10-27(30,31)32/h12-17,23-24H,2-11H2,1H3,(H,36,41)(H,37,42)/t23-,24-/m0/s1. The van der Waals surface area contributed by atoms with Crippen LogP contribution < -0.4 is 10.6 Å². The number of amides is 2. The highest BCUT2D eigenvalue weighted by Crippen LogP contribution is 2.42. The van der Waals surface area contributed by atoms with Gasteiger partial charge in [0.05, 0.1) is 49.3 Å². The van der Waals surface area contributed by atoms with E-state index in [0.29, 0.717) is 23.7 Å². The number of carbonyl (C=O) groups excluding carboxylic acids is 2. The van der Waals surface area contributed by atoms with E-state index in [9.17, 15) is 31.5 Å². The molecule has 2 aliphatic carbocycles. The third-order valence-electron chi connectivity index (χ3n) is 7.81. The molecule has 0 spiro atoms. The van der Waals surface area contributed by atoms with E-state index < -0.39 is 37.0 Å². The summed E-state index contributed by atoms with van der Waals surface area (Å²) >= 11 is 0. The Balaban J connectivity index is 1.38. The van der Waals surface area contributed by atoms with E-state index in [4.69, 9.17) is 4.98 Å². The van der Waals surface area contributed by atoms with Crippen LogP contribution in [0.2, 0.25) is 0 Å². The van der Waals surface area contributed by atoms with E-state index in [2.05, 4.69) is 25.9 Å². The third kappa shape index (κ3) is 7.40. The van der Waals surface area contributed by atoms with Crippen molar-refractivity contribution in [3.05, 3.63) is 41.6 Å². The van der Waals surface area contributed by atoms with Gasteiger partial charge in [0.15, 0.2) is 11.3 Å². The zero-order valence-electron chi connectivity index (χ0n) is 23.1. The minimum atomic E-state index is -4.40. The van der Waals surface area contributed by atoms with Gasteiger partial charge in [0.25, 0.3) is 5.91 Å². The molecule has 2 aliphatic rings. The number of carbonyl (C=O) groups is 2. The fraction of sp³-hybridized carbons (Fsp3) is 0.630. The van der Waals surface area contributed by atoms with E-state index in [1.165, 1.54) is 4.52 Å². The molecular formula is C27H33F5N8O2. The summed E-state index contributed by atoms with van der Waals surface area (Å²) in [6.07, 6.45) is 1.53. The van der Waals surface area contributed by atoms with Crippen molar-refractivity contribution < 1.29 is 31.5 Å². The predicted molar refractivity (Wildman–Crippen MR) is 139 cm³/mol. The lowest BCUT2D eigenvalue weighted by molar-refractivity contribution is -0.137. The molecule has 0 bridgehead atoms. The maximum absolute atomic E-state index is 14.0. The Morgan fingerprint density at radius 3 is 2.43 bits per heavy atom. The minimum absolute atomic E-state index is 0.0366. The second kappa shape index (κ2) is 11.9. The summed E-state index contributed by atoms with van der Waals surface area (Å²) in [4.78, 5) is 30.9. The van der Waals surface area contributed by atoms with Crippen molar-refractivity contribution >= 4 is 17.5 Å². The van der Waals surface area contributed by atoms with Gasteiger partial charge >= 0.3 is 6.18 Å². The van der Waals surface area contributed by atoms with Crippen molar-refractivity contribution in [2.45, 2.75) is 95.4 Å². The lowest BCUT2D eigenvalue weighted by Gasteiger charge is -2.33. The molecule has 15 heteroatoms. The van der Waals surface area contributed by atoms with Gasteiger partial charge in [-0.25, -0.2) is 18.3 Å². The van der Waals surface area contributed by atoms with E-state index in [0.717, 1.165) is 35.8 Å². The molecule has 2 saturated carbocycles. The Morgan fingerprint density at radius 2 is 1.76 bits per heavy atom. The first-order valence-corrected chi connectivity index (χ1v) is 14.2. The molecule has 0 saturated heterocycles. The second-order valence-electron chi connectivity index (χ2n) is 11.2. The predicted octanol–water partition coefficient (Wildman–Crippen LogP) is 4.94. The highest BCUT2D eigenvalue weighted by atomic mass is 19.4. The number of halogens is 5. The summed E-state index contributed by atoms with van der Waals surface area (Å²) in [7, 11) is 0. The number of imidazole rings is 1. The van der Waals surface area contributed by atoms with Crippen LogP contribution in [0.1, 0.15) is 98.5 Å². The molecule has 0 radical (unpaired) electrons. The normalized spacial score (nSPS) is 19.0. The molecule has 10 nitrogen and oxygen atoms in total. The van der Waals surface area contributed by atoms with Gasteiger partial charge in [-0.2, -0.15) is 28.2 Å². The van der Waals surface area contributed by atoms with Gasteiger partial charge in [0, 0.05) is 19.3 Å². The van der Waals surface area contributed by atoms with Gasteiger partial charge in [0.1, 0.15) is 0 Å². The lowest BCUT2D eigenvalue weighted by Crippen LogP contribution is -2.37. The molecule has 42 heavy (non-hydrogen) atoms. The Morgan fingerprint density at radius 1 is 1.05 bits per heavy atom. The van der Waals surface area contributed by atoms with Crippen molar-refractivity contribution in [3.63, 3.8) is 0 Å². The van der Waals surface area contributed by atoms with Crippen LogP contribution in [-0.2, 0) is 11.3 Å². The molecule has 0 aromatic carbocycles. The van der Waals surface area contributed by atoms with Crippen LogP contribution in [0.3, 0.4) is 0 Å². The van der Waals surface area contributed by atoms with Crippen LogP contribution in [0, 0.1) is 11.8 Å². The van der Waals surface area contributed by atoms with E-state index in [1.807, 2.05) is 13.0 Å². The average Bonchev–Trinajstić information content (AvgIpc) is 3.49. The first kappa shape index (κ1) is 29.8. The summed E-state index contributed by atoms with van der Waals surface area (Å²) in [5.74, 6) is -3.59. The summed E-state index contributed by atoms with van der Waals surface area (Å²) < 4.78 is 67.2. The molecule has 2 fully saturated rings. The molecule has 2 N–H and O–H groups in total. The van der Waals surface area contributed by atoms with Gasteiger partial charge in [0.2, 0.25) is 11.8 Å². The molecule has 228 valence electrons. The maximum Gasteiger partial charge on any atom is 0.390 e. The quantitative estimate of drug-likeness (QED) is 0.303. The number of hydrogen-bond donors (Lipinski definition) is 2. The van der Waals surface area contributed by atoms with Crippen LogP contribution in [0.4, 0.5) is 22.0 Å². The van der Waals surface area contributed by atoms with E-state index in [-0.39, 0.29) is 49.2 Å². The number of rotatable bonds is 11. The number of aromatic nitrogens is 6. The zero-order chi connectivity index (χ0) is 30.1. The van der Waals surface area contributed by atoms with Crippen molar-refractivity contribution in [3.8, 4) is 0 Å². The van der Waals surface area contributed by atoms with Crippen molar-refractivity contribution in [2.24, 2.45) is 11.8 Å². The number of aryl methyl sites for hydroxylation is 1. The number of hydrogen-bond acceptors (Lipinski definition) is 6. The highest BCUT2D eigenvalue weighted by molar-refractivity contribution is 5.92. The van der Waals surface area contributed by atoms with Crippen LogP contribution >= 0.6 is 0 Å². The van der Waals surface area contributed by atoms with Crippen LogP contribution in [-0.4, -0.2) is 53.5 Å². The Kier molecular flexibility index (Phi) is 8.46. The molecule has 2 amide bonds.